The number of carbonyl (C=O) groups is 2. The number of carbonyl (C=O) groups excluding carboxylic acids is 2. The maximum Gasteiger partial charge on any atom is 0.308 e. The molecule has 0 rings (SSSR count). The summed E-state index contributed by atoms with van der Waals surface area (Å²) in [6.07, 6.45) is 45.2. The van der Waals surface area contributed by atoms with E-state index in [4.69, 9.17) is 9.47 Å². The van der Waals surface area contributed by atoms with Crippen molar-refractivity contribution in [2.45, 2.75) is 233 Å². The molecule has 0 unspecified atom stereocenters. The van der Waals surface area contributed by atoms with Crippen LogP contribution in [-0.4, -0.2) is 18.2 Å². The molecule has 4 heteroatoms. The minimum Gasteiger partial charge on any atom is -0.425 e. The molecule has 0 aromatic rings. The second-order valence-electron chi connectivity index (χ2n) is 13.6. The van der Waals surface area contributed by atoms with Gasteiger partial charge in [-0.1, -0.05) is 161 Å². The molecule has 0 N–H and O–H groups in total. The number of unbranched alkanes of at least 4 members (excludes halogenated alkanes) is 24. The van der Waals surface area contributed by atoms with Gasteiger partial charge in [-0.05, 0) is 70.6 Å². The van der Waals surface area contributed by atoms with Gasteiger partial charge in [0.1, 0.15) is 0 Å². The minimum atomic E-state index is -0.724. The third-order valence-corrected chi connectivity index (χ3v) is 8.85. The topological polar surface area (TPSA) is 52.6 Å². The molecule has 0 spiro atoms. The van der Waals surface area contributed by atoms with Crippen LogP contribution in [0.5, 0.6) is 0 Å². The first-order valence-corrected chi connectivity index (χ1v) is 20.3. The Labute approximate surface area is 287 Å². The molecule has 0 aliphatic rings. The van der Waals surface area contributed by atoms with Gasteiger partial charge in [0.2, 0.25) is 6.29 Å². The first-order chi connectivity index (χ1) is 22.6. The van der Waals surface area contributed by atoms with E-state index in [0.717, 1.165) is 57.8 Å². The van der Waals surface area contributed by atoms with Crippen molar-refractivity contribution in [3.63, 3.8) is 0 Å². The zero-order valence-corrected chi connectivity index (χ0v) is 31.1. The molecule has 0 aromatic carbocycles. The molecule has 0 heterocycles. The molecular formula is C42H78O4. The number of hydrogen-bond donors (Lipinski definition) is 0. The summed E-state index contributed by atoms with van der Waals surface area (Å²) in [5.41, 5.74) is 0. The molecule has 0 aliphatic carbocycles. The average Bonchev–Trinajstić information content (AvgIpc) is 3.04. The number of hydrogen-bond acceptors (Lipinski definition) is 4. The molecule has 0 saturated carbocycles. The van der Waals surface area contributed by atoms with Crippen LogP contribution in [0.4, 0.5) is 0 Å². The van der Waals surface area contributed by atoms with Crippen LogP contribution in [-0.2, 0) is 19.1 Å². The van der Waals surface area contributed by atoms with E-state index in [1.165, 1.54) is 128 Å². The fourth-order valence-corrected chi connectivity index (χ4v) is 5.79. The molecule has 0 saturated heterocycles. The third kappa shape index (κ3) is 35.3. The summed E-state index contributed by atoms with van der Waals surface area (Å²) in [4.78, 5) is 25.0. The van der Waals surface area contributed by atoms with Gasteiger partial charge in [0.25, 0.3) is 0 Å². The molecule has 4 nitrogen and oxygen atoms in total. The largest absolute Gasteiger partial charge is 0.425 e. The molecule has 46 heavy (non-hydrogen) atoms. The van der Waals surface area contributed by atoms with Crippen LogP contribution in [0.25, 0.3) is 0 Å². The highest BCUT2D eigenvalue weighted by atomic mass is 16.7. The Morgan fingerprint density at radius 1 is 0.391 bits per heavy atom. The predicted molar refractivity (Wildman–Crippen MR) is 199 cm³/mol. The van der Waals surface area contributed by atoms with E-state index in [9.17, 15) is 9.59 Å². The van der Waals surface area contributed by atoms with Gasteiger partial charge in [0, 0.05) is 19.3 Å². The lowest BCUT2D eigenvalue weighted by Gasteiger charge is -2.18. The number of esters is 2. The van der Waals surface area contributed by atoms with Gasteiger partial charge in [-0.2, -0.15) is 0 Å². The maximum absolute atomic E-state index is 12.5. The lowest BCUT2D eigenvalue weighted by atomic mass is 10.1. The molecule has 0 radical (unpaired) electrons. The molecule has 0 fully saturated rings. The van der Waals surface area contributed by atoms with Crippen molar-refractivity contribution in [1.82, 2.24) is 0 Å². The van der Waals surface area contributed by atoms with E-state index >= 15 is 0 Å². The lowest BCUT2D eigenvalue weighted by Crippen LogP contribution is -2.24. The van der Waals surface area contributed by atoms with Gasteiger partial charge in [0.05, 0.1) is 0 Å². The van der Waals surface area contributed by atoms with Crippen molar-refractivity contribution in [1.29, 1.82) is 0 Å². The summed E-state index contributed by atoms with van der Waals surface area (Å²) in [5.74, 6) is -0.458. The van der Waals surface area contributed by atoms with Gasteiger partial charge in [-0.15, -0.1) is 0 Å². The van der Waals surface area contributed by atoms with Crippen LogP contribution in [0.15, 0.2) is 24.3 Å². The summed E-state index contributed by atoms with van der Waals surface area (Å²) < 4.78 is 11.2. The van der Waals surface area contributed by atoms with Gasteiger partial charge < -0.3 is 9.47 Å². The van der Waals surface area contributed by atoms with E-state index < -0.39 is 6.29 Å². The maximum atomic E-state index is 12.5. The van der Waals surface area contributed by atoms with Crippen molar-refractivity contribution < 1.29 is 19.1 Å². The Morgan fingerprint density at radius 3 is 1.02 bits per heavy atom. The zero-order chi connectivity index (χ0) is 33.6. The number of ether oxygens (including phenoxy) is 2. The van der Waals surface area contributed by atoms with Gasteiger partial charge in [-0.3, -0.25) is 9.59 Å². The standard InChI is InChI=1S/C42H78O4/c1-4-7-10-12-14-16-18-20-22-24-26-28-30-32-35-37-40(43)45-42(39-34-9-6-3)46-41(44)38-36-33-31-29-27-25-23-21-19-17-15-13-11-8-5-2/h20-23,42H,4-19,24-39H2,1-3H3/b22-20-,23-21-. The van der Waals surface area contributed by atoms with E-state index in [-0.39, 0.29) is 11.9 Å². The average molecular weight is 647 g/mol. The van der Waals surface area contributed by atoms with Crippen molar-refractivity contribution in [3.8, 4) is 0 Å². The van der Waals surface area contributed by atoms with Crippen LogP contribution < -0.4 is 0 Å². The van der Waals surface area contributed by atoms with Crippen LogP contribution in [0.1, 0.15) is 226 Å². The fraction of sp³-hybridized carbons (Fsp3) is 0.857. The highest BCUT2D eigenvalue weighted by Gasteiger charge is 2.18. The first-order valence-electron chi connectivity index (χ1n) is 20.3. The predicted octanol–water partition coefficient (Wildman–Crippen LogP) is 14.1. The highest BCUT2D eigenvalue weighted by molar-refractivity contribution is 5.71. The second kappa shape index (κ2) is 37.9. The quantitative estimate of drug-likeness (QED) is 0.0294. The summed E-state index contributed by atoms with van der Waals surface area (Å²) >= 11 is 0. The highest BCUT2D eigenvalue weighted by Crippen LogP contribution is 2.15. The second-order valence-corrected chi connectivity index (χ2v) is 13.6. The van der Waals surface area contributed by atoms with Gasteiger partial charge >= 0.3 is 11.9 Å². The van der Waals surface area contributed by atoms with Crippen LogP contribution >= 0.6 is 0 Å². The Morgan fingerprint density at radius 2 is 0.674 bits per heavy atom. The van der Waals surface area contributed by atoms with E-state index in [0.29, 0.717) is 19.3 Å². The summed E-state index contributed by atoms with van der Waals surface area (Å²) in [6.45, 7) is 6.68. The van der Waals surface area contributed by atoms with Crippen molar-refractivity contribution in [2.24, 2.45) is 0 Å². The summed E-state index contributed by atoms with van der Waals surface area (Å²) in [6, 6.07) is 0. The lowest BCUT2D eigenvalue weighted by molar-refractivity contribution is -0.189. The van der Waals surface area contributed by atoms with Crippen molar-refractivity contribution in [3.05, 3.63) is 24.3 Å². The molecule has 0 atom stereocenters. The molecule has 0 amide bonds. The fourth-order valence-electron chi connectivity index (χ4n) is 5.79. The zero-order valence-electron chi connectivity index (χ0n) is 31.1. The van der Waals surface area contributed by atoms with E-state index in [1.54, 1.807) is 0 Å². The summed E-state index contributed by atoms with van der Waals surface area (Å²) in [7, 11) is 0. The number of allylic oxidation sites excluding steroid dienone is 4. The van der Waals surface area contributed by atoms with Gasteiger partial charge in [-0.25, -0.2) is 0 Å². The van der Waals surface area contributed by atoms with Crippen LogP contribution in [0.3, 0.4) is 0 Å². The molecular weight excluding hydrogens is 568 g/mol. The molecule has 0 bridgehead atoms. The smallest absolute Gasteiger partial charge is 0.308 e. The Kier molecular flexibility index (Phi) is 36.6. The number of rotatable bonds is 36. The summed E-state index contributed by atoms with van der Waals surface area (Å²) in [5, 5.41) is 0. The SMILES string of the molecule is CCCCCCCC/C=C\CCCCCCCC(=O)OC(CCCCC)OC(=O)CCCCCCC/C=C\CCCCCCCC. The molecule has 0 aromatic heterocycles. The Hall–Kier alpha value is -1.58. The Bertz CT molecular complexity index is 644. The van der Waals surface area contributed by atoms with Crippen LogP contribution in [0, 0.1) is 0 Å². The van der Waals surface area contributed by atoms with Crippen molar-refractivity contribution in [2.75, 3.05) is 0 Å². The first kappa shape index (κ1) is 44.4. The third-order valence-electron chi connectivity index (χ3n) is 8.85. The monoisotopic (exact) mass is 647 g/mol. The normalized spacial score (nSPS) is 11.7. The van der Waals surface area contributed by atoms with E-state index in [2.05, 4.69) is 45.1 Å². The Balaban J connectivity index is 3.87. The van der Waals surface area contributed by atoms with Crippen molar-refractivity contribution >= 4 is 11.9 Å². The molecule has 0 aliphatic heterocycles. The van der Waals surface area contributed by atoms with E-state index in [1.807, 2.05) is 0 Å². The minimum absolute atomic E-state index is 0.229. The van der Waals surface area contributed by atoms with Gasteiger partial charge in [0.15, 0.2) is 0 Å². The molecule has 270 valence electrons. The van der Waals surface area contributed by atoms with Crippen LogP contribution in [0.2, 0.25) is 0 Å².